The number of nitrogens with zero attached hydrogens (tertiary/aromatic N) is 5. The lowest BCUT2D eigenvalue weighted by molar-refractivity contribution is 0.189. The Labute approximate surface area is 116 Å². The number of tetrazole rings is 1. The highest BCUT2D eigenvalue weighted by Crippen LogP contribution is 2.27. The van der Waals surface area contributed by atoms with Crippen LogP contribution in [0.3, 0.4) is 0 Å². The third-order valence-electron chi connectivity index (χ3n) is 3.48. The molecule has 1 aliphatic heterocycles. The molecule has 0 spiro atoms. The Morgan fingerprint density at radius 1 is 1.25 bits per heavy atom. The minimum atomic E-state index is -0.285. The van der Waals surface area contributed by atoms with Crippen LogP contribution in [0.1, 0.15) is 17.4 Å². The van der Waals surface area contributed by atoms with E-state index in [1.165, 1.54) is 10.9 Å². The second-order valence-corrected chi connectivity index (χ2v) is 4.85. The fourth-order valence-electron chi connectivity index (χ4n) is 2.54. The van der Waals surface area contributed by atoms with E-state index in [0.717, 1.165) is 26.2 Å². The van der Waals surface area contributed by atoms with Gasteiger partial charge in [0.25, 0.3) is 0 Å². The Balaban J connectivity index is 2.01. The van der Waals surface area contributed by atoms with Gasteiger partial charge < -0.3 is 5.32 Å². The molecule has 2 aromatic rings. The van der Waals surface area contributed by atoms with Gasteiger partial charge in [-0.05, 0) is 11.3 Å². The molecule has 0 saturated carbocycles. The number of hydrogen-bond donors (Lipinski definition) is 1. The predicted molar refractivity (Wildman–Crippen MR) is 71.5 cm³/mol. The largest absolute Gasteiger partial charge is 0.314 e. The fraction of sp³-hybridized carbons (Fsp3) is 0.462. The Morgan fingerprint density at radius 3 is 2.65 bits per heavy atom. The van der Waals surface area contributed by atoms with Crippen molar-refractivity contribution in [1.82, 2.24) is 30.4 Å². The van der Waals surface area contributed by atoms with Crippen LogP contribution in [0.15, 0.2) is 24.3 Å². The number of piperazine rings is 1. The van der Waals surface area contributed by atoms with Crippen molar-refractivity contribution < 1.29 is 4.39 Å². The first-order valence-corrected chi connectivity index (χ1v) is 6.69. The van der Waals surface area contributed by atoms with Gasteiger partial charge in [-0.2, -0.15) is 4.80 Å². The van der Waals surface area contributed by atoms with Gasteiger partial charge in [0.15, 0.2) is 5.82 Å². The quantitative estimate of drug-likeness (QED) is 0.876. The SMILES string of the molecule is Cn1nnc(C(c2ccccc2F)N2CCNCC2)n1. The van der Waals surface area contributed by atoms with Gasteiger partial charge in [0, 0.05) is 31.7 Å². The summed E-state index contributed by atoms with van der Waals surface area (Å²) in [5, 5.41) is 15.5. The number of halogens is 1. The molecule has 3 rings (SSSR count). The third kappa shape index (κ3) is 2.54. The Bertz CT molecular complexity index is 578. The second kappa shape index (κ2) is 5.64. The van der Waals surface area contributed by atoms with E-state index in [9.17, 15) is 4.39 Å². The maximum Gasteiger partial charge on any atom is 0.196 e. The van der Waals surface area contributed by atoms with Crippen molar-refractivity contribution in [3.8, 4) is 0 Å². The average molecular weight is 276 g/mol. The summed E-state index contributed by atoms with van der Waals surface area (Å²) >= 11 is 0. The molecule has 1 saturated heterocycles. The van der Waals surface area contributed by atoms with Crippen molar-refractivity contribution in [2.24, 2.45) is 7.05 Å². The van der Waals surface area contributed by atoms with Crippen LogP contribution in [-0.2, 0) is 7.05 Å². The molecule has 0 bridgehead atoms. The minimum absolute atomic E-state index is 0.233. The summed E-state index contributed by atoms with van der Waals surface area (Å²) in [7, 11) is 1.71. The van der Waals surface area contributed by atoms with Crippen molar-refractivity contribution in [3.63, 3.8) is 0 Å². The number of aryl methyl sites for hydroxylation is 1. The molecule has 1 aliphatic rings. The molecule has 1 unspecified atom stereocenters. The van der Waals surface area contributed by atoms with Gasteiger partial charge in [-0.3, -0.25) is 4.90 Å². The molecule has 0 radical (unpaired) electrons. The average Bonchev–Trinajstić information content (AvgIpc) is 2.89. The van der Waals surface area contributed by atoms with E-state index in [2.05, 4.69) is 25.6 Å². The van der Waals surface area contributed by atoms with Crippen LogP contribution in [0.25, 0.3) is 0 Å². The topological polar surface area (TPSA) is 58.9 Å². The standard InChI is InChI=1S/C13H17FN6/c1-19-17-13(16-18-19)12(20-8-6-15-7-9-20)10-4-2-3-5-11(10)14/h2-5,12,15H,6-9H2,1H3. The minimum Gasteiger partial charge on any atom is -0.314 e. The van der Waals surface area contributed by atoms with Gasteiger partial charge >= 0.3 is 0 Å². The molecular weight excluding hydrogens is 259 g/mol. The molecule has 1 aromatic heterocycles. The monoisotopic (exact) mass is 276 g/mol. The number of aromatic nitrogens is 4. The summed E-state index contributed by atoms with van der Waals surface area (Å²) in [4.78, 5) is 3.59. The first kappa shape index (κ1) is 13.1. The van der Waals surface area contributed by atoms with Crippen molar-refractivity contribution in [3.05, 3.63) is 41.5 Å². The fourth-order valence-corrected chi connectivity index (χ4v) is 2.54. The van der Waals surface area contributed by atoms with E-state index < -0.39 is 0 Å². The van der Waals surface area contributed by atoms with Gasteiger partial charge in [0.1, 0.15) is 11.9 Å². The molecule has 20 heavy (non-hydrogen) atoms. The van der Waals surface area contributed by atoms with Gasteiger partial charge in [-0.1, -0.05) is 18.2 Å². The molecule has 7 heteroatoms. The molecule has 2 heterocycles. The Morgan fingerprint density at radius 2 is 2.00 bits per heavy atom. The van der Waals surface area contributed by atoms with Crippen molar-refractivity contribution >= 4 is 0 Å². The highest BCUT2D eigenvalue weighted by molar-refractivity contribution is 5.26. The highest BCUT2D eigenvalue weighted by Gasteiger charge is 2.29. The maximum atomic E-state index is 14.2. The second-order valence-electron chi connectivity index (χ2n) is 4.85. The van der Waals surface area contributed by atoms with Gasteiger partial charge in [0.2, 0.25) is 0 Å². The summed E-state index contributed by atoms with van der Waals surface area (Å²) < 4.78 is 14.2. The lowest BCUT2D eigenvalue weighted by atomic mass is 10.0. The zero-order valence-electron chi connectivity index (χ0n) is 11.3. The molecular formula is C13H17FN6. The first-order valence-electron chi connectivity index (χ1n) is 6.69. The molecule has 6 nitrogen and oxygen atoms in total. The van der Waals surface area contributed by atoms with Gasteiger partial charge in [-0.25, -0.2) is 4.39 Å². The normalized spacial score (nSPS) is 18.1. The van der Waals surface area contributed by atoms with E-state index in [0.29, 0.717) is 11.4 Å². The number of hydrogen-bond acceptors (Lipinski definition) is 5. The molecule has 1 N–H and O–H groups in total. The van der Waals surface area contributed by atoms with E-state index in [4.69, 9.17) is 0 Å². The van der Waals surface area contributed by atoms with Crippen LogP contribution in [0.4, 0.5) is 4.39 Å². The number of benzene rings is 1. The van der Waals surface area contributed by atoms with Gasteiger partial charge in [-0.15, -0.1) is 10.2 Å². The van der Waals surface area contributed by atoms with Crippen LogP contribution in [0.2, 0.25) is 0 Å². The molecule has 1 atom stereocenters. The summed E-state index contributed by atoms with van der Waals surface area (Å²) in [5.74, 6) is 0.308. The summed E-state index contributed by atoms with van der Waals surface area (Å²) in [6.45, 7) is 3.42. The van der Waals surface area contributed by atoms with E-state index >= 15 is 0 Å². The van der Waals surface area contributed by atoms with E-state index in [1.807, 2.05) is 6.07 Å². The third-order valence-corrected chi connectivity index (χ3v) is 3.48. The summed E-state index contributed by atoms with van der Waals surface area (Å²) in [6, 6.07) is 6.51. The molecule has 0 amide bonds. The Hall–Kier alpha value is -1.86. The zero-order valence-corrected chi connectivity index (χ0v) is 11.3. The van der Waals surface area contributed by atoms with Crippen LogP contribution < -0.4 is 5.32 Å². The van der Waals surface area contributed by atoms with Crippen LogP contribution in [0, 0.1) is 5.82 Å². The van der Waals surface area contributed by atoms with Gasteiger partial charge in [0.05, 0.1) is 7.05 Å². The summed E-state index contributed by atoms with van der Waals surface area (Å²) in [5.41, 5.74) is 0.599. The smallest absolute Gasteiger partial charge is 0.196 e. The number of nitrogens with one attached hydrogen (secondary N) is 1. The highest BCUT2D eigenvalue weighted by atomic mass is 19.1. The maximum absolute atomic E-state index is 14.2. The lowest BCUT2D eigenvalue weighted by Gasteiger charge is -2.33. The predicted octanol–water partition coefficient (Wildman–Crippen LogP) is 0.344. The summed E-state index contributed by atoms with van der Waals surface area (Å²) in [6.07, 6.45) is 0. The first-order chi connectivity index (χ1) is 9.75. The van der Waals surface area contributed by atoms with Crippen molar-refractivity contribution in [2.45, 2.75) is 6.04 Å². The number of rotatable bonds is 3. The van der Waals surface area contributed by atoms with Crippen LogP contribution >= 0.6 is 0 Å². The van der Waals surface area contributed by atoms with Crippen LogP contribution in [0.5, 0.6) is 0 Å². The van der Waals surface area contributed by atoms with Crippen LogP contribution in [-0.4, -0.2) is 51.3 Å². The molecule has 1 fully saturated rings. The molecule has 106 valence electrons. The Kier molecular flexibility index (Phi) is 3.70. The molecule has 0 aliphatic carbocycles. The van der Waals surface area contributed by atoms with E-state index in [-0.39, 0.29) is 11.9 Å². The zero-order chi connectivity index (χ0) is 13.9. The van der Waals surface area contributed by atoms with E-state index in [1.54, 1.807) is 19.2 Å². The van der Waals surface area contributed by atoms with Crippen molar-refractivity contribution in [2.75, 3.05) is 26.2 Å². The van der Waals surface area contributed by atoms with Crippen molar-refractivity contribution in [1.29, 1.82) is 0 Å². The lowest BCUT2D eigenvalue weighted by Crippen LogP contribution is -2.45. The molecule has 1 aromatic carbocycles.